The molecule has 1 aromatic carbocycles. The second kappa shape index (κ2) is 10.9. The third-order valence-electron chi connectivity index (χ3n) is 3.20. The van der Waals surface area contributed by atoms with Crippen molar-refractivity contribution in [1.82, 2.24) is 10.1 Å². The van der Waals surface area contributed by atoms with E-state index >= 15 is 0 Å². The van der Waals surface area contributed by atoms with Gasteiger partial charge in [-0.2, -0.15) is 4.98 Å². The lowest BCUT2D eigenvalue weighted by Crippen LogP contribution is -2.14. The van der Waals surface area contributed by atoms with Gasteiger partial charge in [-0.05, 0) is 12.1 Å². The molecule has 9 nitrogen and oxygen atoms in total. The normalized spacial score (nSPS) is 10.3. The number of aryl methyl sites for hydroxylation is 1. The molecular weight excluding hydrogens is 380 g/mol. The number of carbonyl (C=O) groups excluding carboxylic acids is 3. The van der Waals surface area contributed by atoms with Crippen LogP contribution < -0.4 is 4.74 Å². The predicted molar refractivity (Wildman–Crippen MR) is 92.0 cm³/mol. The number of esters is 2. The van der Waals surface area contributed by atoms with Crippen LogP contribution >= 0.6 is 11.6 Å². The van der Waals surface area contributed by atoms with E-state index < -0.39 is 11.9 Å². The van der Waals surface area contributed by atoms with E-state index in [0.717, 1.165) is 0 Å². The van der Waals surface area contributed by atoms with Gasteiger partial charge in [-0.15, -0.1) is 11.6 Å². The SMILES string of the molecule is O=COc1cccc(-c2noc(CCC(=O)OCCOC(=O)CCCl)n2)c1. The number of hydrogen-bond donors (Lipinski definition) is 0. The van der Waals surface area contributed by atoms with E-state index in [0.29, 0.717) is 23.6 Å². The van der Waals surface area contributed by atoms with Crippen molar-refractivity contribution in [2.75, 3.05) is 19.1 Å². The first-order valence-corrected chi connectivity index (χ1v) is 8.56. The molecule has 0 aliphatic rings. The fourth-order valence-electron chi connectivity index (χ4n) is 1.98. The summed E-state index contributed by atoms with van der Waals surface area (Å²) in [5.74, 6) is 0.174. The summed E-state index contributed by atoms with van der Waals surface area (Å²) in [6.07, 6.45) is 0.340. The smallest absolute Gasteiger partial charge is 0.307 e. The predicted octanol–water partition coefficient (Wildman–Crippen LogP) is 1.92. The zero-order valence-corrected chi connectivity index (χ0v) is 15.0. The lowest BCUT2D eigenvalue weighted by Gasteiger charge is -2.05. The van der Waals surface area contributed by atoms with Gasteiger partial charge in [-0.1, -0.05) is 17.3 Å². The van der Waals surface area contributed by atoms with Crippen LogP contribution in [0.2, 0.25) is 0 Å². The molecule has 144 valence electrons. The third kappa shape index (κ3) is 7.06. The topological polar surface area (TPSA) is 118 Å². The number of benzene rings is 1. The number of hydrogen-bond acceptors (Lipinski definition) is 9. The number of ether oxygens (including phenoxy) is 3. The van der Waals surface area contributed by atoms with Crippen LogP contribution in [0, 0.1) is 0 Å². The highest BCUT2D eigenvalue weighted by Crippen LogP contribution is 2.21. The first-order chi connectivity index (χ1) is 13.1. The van der Waals surface area contributed by atoms with Gasteiger partial charge in [0.1, 0.15) is 19.0 Å². The summed E-state index contributed by atoms with van der Waals surface area (Å²) < 4.78 is 19.6. The Hall–Kier alpha value is -2.94. The zero-order valence-electron chi connectivity index (χ0n) is 14.3. The summed E-state index contributed by atoms with van der Waals surface area (Å²) in [7, 11) is 0. The number of rotatable bonds is 11. The van der Waals surface area contributed by atoms with Crippen molar-refractivity contribution in [2.45, 2.75) is 19.3 Å². The van der Waals surface area contributed by atoms with Gasteiger partial charge in [-0.3, -0.25) is 14.4 Å². The summed E-state index contributed by atoms with van der Waals surface area (Å²) in [4.78, 5) is 37.3. The Morgan fingerprint density at radius 1 is 1.15 bits per heavy atom. The molecule has 0 spiro atoms. The summed E-state index contributed by atoms with van der Waals surface area (Å²) in [5.41, 5.74) is 0.602. The van der Waals surface area contributed by atoms with Crippen molar-refractivity contribution in [3.63, 3.8) is 0 Å². The number of aromatic nitrogens is 2. The average molecular weight is 397 g/mol. The van der Waals surface area contributed by atoms with E-state index in [4.69, 9.17) is 30.3 Å². The van der Waals surface area contributed by atoms with E-state index in [1.54, 1.807) is 24.3 Å². The molecule has 0 aliphatic heterocycles. The van der Waals surface area contributed by atoms with Crippen LogP contribution in [-0.4, -0.2) is 47.6 Å². The molecule has 0 radical (unpaired) electrons. The minimum Gasteiger partial charge on any atom is -0.462 e. The minimum absolute atomic E-state index is 0.0225. The molecule has 0 amide bonds. The van der Waals surface area contributed by atoms with Crippen LogP contribution in [0.1, 0.15) is 18.7 Å². The second-order valence-electron chi connectivity index (χ2n) is 5.13. The Labute approximate surface area is 159 Å². The first kappa shape index (κ1) is 20.4. The van der Waals surface area contributed by atoms with Crippen LogP contribution in [0.15, 0.2) is 28.8 Å². The quantitative estimate of drug-likeness (QED) is 0.243. The molecule has 0 aliphatic carbocycles. The molecule has 0 saturated heterocycles. The van der Waals surface area contributed by atoms with Crippen LogP contribution in [0.4, 0.5) is 0 Å². The highest BCUT2D eigenvalue weighted by Gasteiger charge is 2.12. The van der Waals surface area contributed by atoms with Gasteiger partial charge in [0.15, 0.2) is 0 Å². The lowest BCUT2D eigenvalue weighted by atomic mass is 10.2. The summed E-state index contributed by atoms with van der Waals surface area (Å²) >= 11 is 5.40. The molecule has 0 unspecified atom stereocenters. The molecule has 0 atom stereocenters. The van der Waals surface area contributed by atoms with Crippen LogP contribution in [-0.2, 0) is 30.3 Å². The molecular formula is C17H17ClN2O7. The maximum Gasteiger partial charge on any atom is 0.307 e. The van der Waals surface area contributed by atoms with E-state index in [-0.39, 0.29) is 44.2 Å². The molecule has 0 fully saturated rings. The van der Waals surface area contributed by atoms with Crippen molar-refractivity contribution >= 4 is 30.0 Å². The van der Waals surface area contributed by atoms with Gasteiger partial charge in [0.2, 0.25) is 11.7 Å². The Morgan fingerprint density at radius 3 is 2.59 bits per heavy atom. The Balaban J connectivity index is 1.75. The standard InChI is InChI=1S/C17H17ClN2O7/c18-7-6-16(23)25-9-8-24-15(22)5-4-14-19-17(20-27-14)12-2-1-3-13(10-12)26-11-21/h1-3,10-11H,4-9H2. The molecule has 27 heavy (non-hydrogen) atoms. The summed E-state index contributed by atoms with van der Waals surface area (Å²) in [5, 5.41) is 3.83. The zero-order chi connectivity index (χ0) is 19.5. The van der Waals surface area contributed by atoms with Crippen molar-refractivity contribution in [1.29, 1.82) is 0 Å². The van der Waals surface area contributed by atoms with Gasteiger partial charge in [0.25, 0.3) is 6.47 Å². The summed E-state index contributed by atoms with van der Waals surface area (Å²) in [6.45, 7) is 0.266. The molecule has 2 rings (SSSR count). The van der Waals surface area contributed by atoms with Gasteiger partial charge in [0, 0.05) is 17.9 Å². The van der Waals surface area contributed by atoms with Gasteiger partial charge < -0.3 is 18.7 Å². The number of carbonyl (C=O) groups is 3. The van der Waals surface area contributed by atoms with E-state index in [1.807, 2.05) is 0 Å². The molecule has 2 aromatic rings. The molecule has 0 N–H and O–H groups in total. The highest BCUT2D eigenvalue weighted by molar-refractivity contribution is 6.18. The summed E-state index contributed by atoms with van der Waals surface area (Å²) in [6, 6.07) is 6.61. The first-order valence-electron chi connectivity index (χ1n) is 8.03. The molecule has 1 aromatic heterocycles. The fraction of sp³-hybridized carbons (Fsp3) is 0.353. The molecule has 0 saturated carbocycles. The van der Waals surface area contributed by atoms with E-state index in [2.05, 4.69) is 10.1 Å². The average Bonchev–Trinajstić information content (AvgIpc) is 3.13. The third-order valence-corrected chi connectivity index (χ3v) is 3.38. The van der Waals surface area contributed by atoms with Crippen LogP contribution in [0.3, 0.4) is 0 Å². The maximum absolute atomic E-state index is 11.7. The monoisotopic (exact) mass is 396 g/mol. The fourth-order valence-corrected chi connectivity index (χ4v) is 2.13. The Morgan fingerprint density at radius 2 is 1.89 bits per heavy atom. The largest absolute Gasteiger partial charge is 0.462 e. The molecule has 1 heterocycles. The number of nitrogens with zero attached hydrogens (tertiary/aromatic N) is 2. The minimum atomic E-state index is -0.482. The highest BCUT2D eigenvalue weighted by atomic mass is 35.5. The van der Waals surface area contributed by atoms with Crippen molar-refractivity contribution in [3.05, 3.63) is 30.2 Å². The number of halogens is 1. The van der Waals surface area contributed by atoms with Gasteiger partial charge in [-0.25, -0.2) is 0 Å². The van der Waals surface area contributed by atoms with Crippen LogP contribution in [0.25, 0.3) is 11.4 Å². The molecule has 10 heteroatoms. The van der Waals surface area contributed by atoms with Gasteiger partial charge in [0.05, 0.1) is 12.8 Å². The Bertz CT molecular complexity index is 778. The lowest BCUT2D eigenvalue weighted by molar-refractivity contribution is -0.152. The van der Waals surface area contributed by atoms with E-state index in [1.165, 1.54) is 0 Å². The van der Waals surface area contributed by atoms with Crippen molar-refractivity contribution in [3.8, 4) is 17.1 Å². The van der Waals surface area contributed by atoms with E-state index in [9.17, 15) is 14.4 Å². The van der Waals surface area contributed by atoms with Crippen LogP contribution in [0.5, 0.6) is 5.75 Å². The molecule has 0 bridgehead atoms. The van der Waals surface area contributed by atoms with Crippen molar-refractivity contribution < 1.29 is 33.1 Å². The second-order valence-corrected chi connectivity index (χ2v) is 5.51. The van der Waals surface area contributed by atoms with Gasteiger partial charge >= 0.3 is 11.9 Å². The van der Waals surface area contributed by atoms with Crippen molar-refractivity contribution in [2.24, 2.45) is 0 Å². The number of alkyl halides is 1. The maximum atomic E-state index is 11.7. The Kier molecular flexibility index (Phi) is 8.24.